The lowest BCUT2D eigenvalue weighted by Gasteiger charge is -2.35. The predicted octanol–water partition coefficient (Wildman–Crippen LogP) is 5.15. The molecule has 0 fully saturated rings. The summed E-state index contributed by atoms with van der Waals surface area (Å²) in [5.41, 5.74) is 2.06. The van der Waals surface area contributed by atoms with Gasteiger partial charge in [0.1, 0.15) is 17.7 Å². The largest absolute Gasteiger partial charge is 0.444 e. The summed E-state index contributed by atoms with van der Waals surface area (Å²) < 4.78 is 5.43. The summed E-state index contributed by atoms with van der Waals surface area (Å²) >= 11 is 1.60. The molecule has 0 aliphatic heterocycles. The Morgan fingerprint density at radius 1 is 1.09 bits per heavy atom. The highest BCUT2D eigenvalue weighted by Gasteiger charge is 2.36. The van der Waals surface area contributed by atoms with Gasteiger partial charge in [-0.3, -0.25) is 9.59 Å². The number of aryl methyl sites for hydroxylation is 2. The number of hydrogen-bond acceptors (Lipinski definition) is 5. The molecule has 1 aromatic carbocycles. The van der Waals surface area contributed by atoms with Gasteiger partial charge in [-0.15, -0.1) is 0 Å². The molecule has 0 saturated carbocycles. The zero-order chi connectivity index (χ0) is 26.6. The van der Waals surface area contributed by atoms with Gasteiger partial charge >= 0.3 is 6.09 Å². The predicted molar refractivity (Wildman–Crippen MR) is 145 cm³/mol. The second kappa shape index (κ2) is 15.0. The van der Waals surface area contributed by atoms with Crippen LogP contribution in [0, 0.1) is 13.8 Å². The first-order valence-electron chi connectivity index (χ1n) is 12.6. The molecule has 7 nitrogen and oxygen atoms in total. The minimum atomic E-state index is -0.792. The fraction of sp³-hybridized carbons (Fsp3) is 0.667. The van der Waals surface area contributed by atoms with E-state index in [4.69, 9.17) is 4.74 Å². The minimum absolute atomic E-state index is 0.196. The Hall–Kier alpha value is -2.22. The molecule has 8 heteroatoms. The van der Waals surface area contributed by atoms with Gasteiger partial charge in [-0.05, 0) is 82.6 Å². The van der Waals surface area contributed by atoms with Gasteiger partial charge in [0.15, 0.2) is 0 Å². The van der Waals surface area contributed by atoms with Crippen LogP contribution in [-0.2, 0) is 14.3 Å². The Labute approximate surface area is 216 Å². The Morgan fingerprint density at radius 3 is 2.23 bits per heavy atom. The van der Waals surface area contributed by atoms with E-state index in [0.29, 0.717) is 31.7 Å². The molecule has 0 aliphatic carbocycles. The molecule has 0 bridgehead atoms. The third-order valence-electron chi connectivity index (χ3n) is 5.55. The van der Waals surface area contributed by atoms with Crippen LogP contribution in [0.2, 0.25) is 0 Å². The number of unbranched alkanes of at least 4 members (excludes halogenated alkanes) is 1. The standard InChI is InChI=1S/C27H45N3O4S/c1-9-11-16-28-24(31)23(22-19(3)13-12-14-20(22)4)30(17-10-2)25(32)21(15-18-35-8)29-26(33)34-27(5,6)7/h12-14,21,23H,9-11,15-18H2,1-8H3,(H,28,31)(H,29,33). The molecule has 1 rings (SSSR count). The summed E-state index contributed by atoms with van der Waals surface area (Å²) in [4.78, 5) is 41.8. The highest BCUT2D eigenvalue weighted by atomic mass is 32.2. The maximum Gasteiger partial charge on any atom is 0.408 e. The SMILES string of the molecule is CCCCNC(=O)C(c1c(C)cccc1C)N(CCC)C(=O)C(CCSC)NC(=O)OC(C)(C)C. The highest BCUT2D eigenvalue weighted by molar-refractivity contribution is 7.98. The van der Waals surface area contributed by atoms with Crippen LogP contribution >= 0.6 is 11.8 Å². The van der Waals surface area contributed by atoms with Crippen molar-refractivity contribution in [2.45, 2.75) is 91.8 Å². The average molecular weight is 508 g/mol. The second-order valence-electron chi connectivity index (χ2n) is 9.86. The third kappa shape index (κ3) is 10.1. The molecule has 0 spiro atoms. The Kier molecular flexibility index (Phi) is 13.2. The quantitative estimate of drug-likeness (QED) is 0.361. The van der Waals surface area contributed by atoms with E-state index in [1.807, 2.05) is 45.2 Å². The van der Waals surface area contributed by atoms with Crippen molar-refractivity contribution < 1.29 is 19.1 Å². The molecule has 3 amide bonds. The number of rotatable bonds is 13. The first kappa shape index (κ1) is 30.8. The summed E-state index contributed by atoms with van der Waals surface area (Å²) in [5.74, 6) is 0.215. The lowest BCUT2D eigenvalue weighted by Crippen LogP contribution is -2.53. The van der Waals surface area contributed by atoms with Crippen LogP contribution in [0.5, 0.6) is 0 Å². The van der Waals surface area contributed by atoms with E-state index in [0.717, 1.165) is 29.5 Å². The van der Waals surface area contributed by atoms with E-state index >= 15 is 0 Å². The molecule has 2 N–H and O–H groups in total. The number of nitrogens with zero attached hydrogens (tertiary/aromatic N) is 1. The van der Waals surface area contributed by atoms with E-state index < -0.39 is 23.8 Å². The molecule has 0 aromatic heterocycles. The van der Waals surface area contributed by atoms with Crippen LogP contribution in [0.3, 0.4) is 0 Å². The van der Waals surface area contributed by atoms with E-state index in [1.165, 1.54) is 0 Å². The lowest BCUT2D eigenvalue weighted by molar-refractivity contribution is -0.142. The van der Waals surface area contributed by atoms with Crippen LogP contribution in [0.25, 0.3) is 0 Å². The number of carbonyl (C=O) groups is 3. The van der Waals surface area contributed by atoms with Crippen LogP contribution in [0.15, 0.2) is 18.2 Å². The van der Waals surface area contributed by atoms with Crippen molar-refractivity contribution >= 4 is 29.7 Å². The Balaban J connectivity index is 3.44. The van der Waals surface area contributed by atoms with Crippen molar-refractivity contribution in [3.8, 4) is 0 Å². The molecule has 2 unspecified atom stereocenters. The highest BCUT2D eigenvalue weighted by Crippen LogP contribution is 2.29. The molecule has 35 heavy (non-hydrogen) atoms. The third-order valence-corrected chi connectivity index (χ3v) is 6.20. The number of amides is 3. The van der Waals surface area contributed by atoms with Gasteiger partial charge in [0.2, 0.25) is 11.8 Å². The fourth-order valence-corrected chi connectivity index (χ4v) is 4.39. The van der Waals surface area contributed by atoms with Gasteiger partial charge < -0.3 is 20.3 Å². The van der Waals surface area contributed by atoms with E-state index in [9.17, 15) is 14.4 Å². The Bertz CT molecular complexity index is 818. The smallest absolute Gasteiger partial charge is 0.408 e. The topological polar surface area (TPSA) is 87.7 Å². The zero-order valence-corrected chi connectivity index (χ0v) is 23.6. The first-order valence-corrected chi connectivity index (χ1v) is 14.0. The van der Waals surface area contributed by atoms with Gasteiger partial charge in [0.25, 0.3) is 0 Å². The van der Waals surface area contributed by atoms with Crippen LogP contribution in [0.4, 0.5) is 4.79 Å². The minimum Gasteiger partial charge on any atom is -0.444 e. The van der Waals surface area contributed by atoms with Gasteiger partial charge in [-0.25, -0.2) is 4.79 Å². The van der Waals surface area contributed by atoms with Gasteiger partial charge in [-0.2, -0.15) is 11.8 Å². The van der Waals surface area contributed by atoms with E-state index in [1.54, 1.807) is 37.4 Å². The number of benzene rings is 1. The van der Waals surface area contributed by atoms with Crippen LogP contribution < -0.4 is 10.6 Å². The number of alkyl carbamates (subject to hydrolysis) is 1. The summed E-state index contributed by atoms with van der Waals surface area (Å²) in [5, 5.41) is 5.81. The van der Waals surface area contributed by atoms with Crippen molar-refractivity contribution in [3.05, 3.63) is 34.9 Å². The van der Waals surface area contributed by atoms with Crippen molar-refractivity contribution in [3.63, 3.8) is 0 Å². The summed E-state index contributed by atoms with van der Waals surface area (Å²) in [6, 6.07) is 4.31. The van der Waals surface area contributed by atoms with E-state index in [-0.39, 0.29) is 11.8 Å². The van der Waals surface area contributed by atoms with Gasteiger partial charge in [-0.1, -0.05) is 38.5 Å². The molecule has 0 radical (unpaired) electrons. The summed E-state index contributed by atoms with van der Waals surface area (Å²) in [6.45, 7) is 14.3. The molecule has 2 atom stereocenters. The van der Waals surface area contributed by atoms with E-state index in [2.05, 4.69) is 17.6 Å². The molecule has 198 valence electrons. The number of carbonyl (C=O) groups excluding carboxylic acids is 3. The van der Waals surface area contributed by atoms with Crippen molar-refractivity contribution in [2.24, 2.45) is 0 Å². The van der Waals surface area contributed by atoms with Crippen LogP contribution in [0.1, 0.15) is 83.0 Å². The molecule has 0 heterocycles. The molecule has 0 aliphatic rings. The van der Waals surface area contributed by atoms with Crippen LogP contribution in [-0.4, -0.2) is 59.5 Å². The molecule has 0 saturated heterocycles. The van der Waals surface area contributed by atoms with Crippen molar-refractivity contribution in [2.75, 3.05) is 25.1 Å². The number of hydrogen-bond donors (Lipinski definition) is 2. The zero-order valence-electron chi connectivity index (χ0n) is 22.8. The summed E-state index contributed by atoms with van der Waals surface area (Å²) in [7, 11) is 0. The fourth-order valence-electron chi connectivity index (χ4n) is 3.92. The monoisotopic (exact) mass is 507 g/mol. The van der Waals surface area contributed by atoms with Crippen molar-refractivity contribution in [1.82, 2.24) is 15.5 Å². The maximum absolute atomic E-state index is 14.0. The number of thioether (sulfide) groups is 1. The maximum atomic E-state index is 14.0. The second-order valence-corrected chi connectivity index (χ2v) is 10.9. The molecular formula is C27H45N3O4S. The number of nitrogens with one attached hydrogen (secondary N) is 2. The first-order chi connectivity index (χ1) is 16.5. The van der Waals surface area contributed by atoms with Crippen molar-refractivity contribution in [1.29, 1.82) is 0 Å². The van der Waals surface area contributed by atoms with Gasteiger partial charge in [0, 0.05) is 13.1 Å². The summed E-state index contributed by atoms with van der Waals surface area (Å²) in [6.07, 6.45) is 4.27. The molecule has 1 aromatic rings. The molecular weight excluding hydrogens is 462 g/mol. The number of ether oxygens (including phenoxy) is 1. The Morgan fingerprint density at radius 2 is 1.71 bits per heavy atom. The van der Waals surface area contributed by atoms with Gasteiger partial charge in [0.05, 0.1) is 0 Å². The average Bonchev–Trinajstić information content (AvgIpc) is 2.76. The lowest BCUT2D eigenvalue weighted by atomic mass is 9.93. The normalized spacial score (nSPS) is 13.0.